The first kappa shape index (κ1) is 10.7. The van der Waals surface area contributed by atoms with Crippen molar-refractivity contribution in [2.75, 3.05) is 0 Å². The van der Waals surface area contributed by atoms with Crippen LogP contribution in [0.5, 0.6) is 0 Å². The molecule has 0 radical (unpaired) electrons. The van der Waals surface area contributed by atoms with Crippen LogP contribution >= 0.6 is 0 Å². The van der Waals surface area contributed by atoms with Crippen LogP contribution in [-0.4, -0.2) is 16.9 Å². The van der Waals surface area contributed by atoms with Gasteiger partial charge in [-0.05, 0) is 18.6 Å². The van der Waals surface area contributed by atoms with Crippen LogP contribution in [0, 0.1) is 0 Å². The smallest absolute Gasteiger partial charge is 0.290 e. The summed E-state index contributed by atoms with van der Waals surface area (Å²) < 4.78 is 35.3. The Morgan fingerprint density at radius 3 is 2.57 bits per heavy atom. The molecule has 2 nitrogen and oxygen atoms in total. The number of nitrogens with zero attached hydrogens (tertiary/aromatic N) is 1. The van der Waals surface area contributed by atoms with Crippen molar-refractivity contribution in [3.05, 3.63) is 30.1 Å². The second-order valence-electron chi connectivity index (χ2n) is 2.74. The molecule has 0 saturated carbocycles. The number of aryl methyl sites for hydroxylation is 1. The molecule has 0 bridgehead atoms. The minimum absolute atomic E-state index is 0.0270. The van der Waals surface area contributed by atoms with Crippen molar-refractivity contribution in [1.82, 2.24) is 4.98 Å². The Labute approximate surface area is 78.8 Å². The number of pyridine rings is 1. The Balaban J connectivity index is 2.46. The van der Waals surface area contributed by atoms with Crippen LogP contribution in [-0.2, 0) is 11.2 Å². The van der Waals surface area contributed by atoms with Crippen LogP contribution in [0.25, 0.3) is 0 Å². The Morgan fingerprint density at radius 2 is 2.07 bits per heavy atom. The summed E-state index contributed by atoms with van der Waals surface area (Å²) in [5.41, 5.74) is 0.491. The highest BCUT2D eigenvalue weighted by Crippen LogP contribution is 2.18. The molecule has 0 N–H and O–H groups in total. The normalized spacial score (nSPS) is 11.4. The lowest BCUT2D eigenvalue weighted by Crippen LogP contribution is -2.22. The van der Waals surface area contributed by atoms with E-state index in [0.29, 0.717) is 5.69 Å². The topological polar surface area (TPSA) is 30.0 Å². The lowest BCUT2D eigenvalue weighted by molar-refractivity contribution is -0.171. The number of hydrogen-bond acceptors (Lipinski definition) is 2. The molecule has 0 atom stereocenters. The predicted molar refractivity (Wildman–Crippen MR) is 43.6 cm³/mol. The van der Waals surface area contributed by atoms with Crippen LogP contribution in [0.4, 0.5) is 13.2 Å². The van der Waals surface area contributed by atoms with Crippen molar-refractivity contribution in [2.45, 2.75) is 19.0 Å². The summed E-state index contributed by atoms with van der Waals surface area (Å²) in [7, 11) is 0. The highest BCUT2D eigenvalue weighted by atomic mass is 19.4. The fourth-order valence-electron chi connectivity index (χ4n) is 0.929. The van der Waals surface area contributed by atoms with Crippen LogP contribution in [0.3, 0.4) is 0 Å². The second-order valence-corrected chi connectivity index (χ2v) is 2.74. The summed E-state index contributed by atoms with van der Waals surface area (Å²) >= 11 is 0. The van der Waals surface area contributed by atoms with Crippen molar-refractivity contribution >= 4 is 5.78 Å². The van der Waals surface area contributed by atoms with Gasteiger partial charge in [0.2, 0.25) is 5.78 Å². The molecule has 0 amide bonds. The first-order valence-electron chi connectivity index (χ1n) is 4.00. The van der Waals surface area contributed by atoms with E-state index in [1.807, 2.05) is 0 Å². The van der Waals surface area contributed by atoms with Crippen molar-refractivity contribution in [2.24, 2.45) is 0 Å². The van der Waals surface area contributed by atoms with Crippen LogP contribution in [0.15, 0.2) is 24.4 Å². The molecular weight excluding hydrogens is 195 g/mol. The average Bonchev–Trinajstić information content (AvgIpc) is 2.14. The zero-order chi connectivity index (χ0) is 10.6. The van der Waals surface area contributed by atoms with Crippen molar-refractivity contribution in [3.63, 3.8) is 0 Å². The van der Waals surface area contributed by atoms with Gasteiger partial charge in [0.25, 0.3) is 0 Å². The second kappa shape index (κ2) is 4.21. The van der Waals surface area contributed by atoms with Crippen LogP contribution < -0.4 is 0 Å². The first-order valence-corrected chi connectivity index (χ1v) is 4.00. The first-order chi connectivity index (χ1) is 6.50. The maximum Gasteiger partial charge on any atom is 0.449 e. The van der Waals surface area contributed by atoms with Crippen LogP contribution in [0.1, 0.15) is 12.1 Å². The molecule has 76 valence electrons. The van der Waals surface area contributed by atoms with Gasteiger partial charge in [0, 0.05) is 18.3 Å². The lowest BCUT2D eigenvalue weighted by atomic mass is 10.1. The minimum Gasteiger partial charge on any atom is -0.290 e. The fraction of sp³-hybridized carbons (Fsp3) is 0.333. The maximum absolute atomic E-state index is 11.8. The number of Topliss-reactive ketones (excluding diaryl/α,β-unsaturated/α-hetero) is 1. The van der Waals surface area contributed by atoms with E-state index in [4.69, 9.17) is 0 Å². The Hall–Kier alpha value is -1.39. The summed E-state index contributed by atoms with van der Waals surface area (Å²) in [6, 6.07) is 4.92. The zero-order valence-corrected chi connectivity index (χ0v) is 7.21. The number of halogens is 3. The molecule has 0 saturated heterocycles. The SMILES string of the molecule is O=C(CCc1ccccn1)C(F)(F)F. The number of hydrogen-bond donors (Lipinski definition) is 0. The molecule has 1 aromatic heterocycles. The van der Waals surface area contributed by atoms with Crippen molar-refractivity contribution in [1.29, 1.82) is 0 Å². The minimum atomic E-state index is -4.73. The largest absolute Gasteiger partial charge is 0.449 e. The van der Waals surface area contributed by atoms with Gasteiger partial charge < -0.3 is 0 Å². The highest BCUT2D eigenvalue weighted by molar-refractivity contribution is 5.84. The van der Waals surface area contributed by atoms with E-state index in [2.05, 4.69) is 4.98 Å². The van der Waals surface area contributed by atoms with Gasteiger partial charge in [-0.25, -0.2) is 0 Å². The van der Waals surface area contributed by atoms with E-state index in [1.54, 1.807) is 18.2 Å². The summed E-state index contributed by atoms with van der Waals surface area (Å²) in [4.78, 5) is 14.3. The molecule has 0 fully saturated rings. The van der Waals surface area contributed by atoms with Crippen LogP contribution in [0.2, 0.25) is 0 Å². The van der Waals surface area contributed by atoms with Gasteiger partial charge in [0.05, 0.1) is 0 Å². The zero-order valence-electron chi connectivity index (χ0n) is 7.21. The standard InChI is InChI=1S/C9H8F3NO/c10-9(11,12)8(14)5-4-7-3-1-2-6-13-7/h1-3,6H,4-5H2. The van der Waals surface area contributed by atoms with E-state index < -0.39 is 18.4 Å². The van der Waals surface area contributed by atoms with Gasteiger partial charge in [-0.2, -0.15) is 13.2 Å². The summed E-state index contributed by atoms with van der Waals surface area (Å²) in [6.07, 6.45) is -3.76. The van der Waals surface area contributed by atoms with Gasteiger partial charge >= 0.3 is 6.18 Å². The molecule has 0 aliphatic heterocycles. The molecule has 0 aromatic carbocycles. The average molecular weight is 203 g/mol. The Bertz CT molecular complexity index is 308. The predicted octanol–water partition coefficient (Wildman–Crippen LogP) is 2.15. The molecule has 14 heavy (non-hydrogen) atoms. The molecule has 1 heterocycles. The maximum atomic E-state index is 11.8. The molecular formula is C9H8F3NO. The third kappa shape index (κ3) is 3.16. The third-order valence-corrected chi connectivity index (χ3v) is 1.65. The molecule has 5 heteroatoms. The monoisotopic (exact) mass is 203 g/mol. The van der Waals surface area contributed by atoms with E-state index in [0.717, 1.165) is 0 Å². The number of ketones is 1. The number of carbonyl (C=O) groups excluding carboxylic acids is 1. The summed E-state index contributed by atoms with van der Waals surface area (Å²) in [5, 5.41) is 0. The fourth-order valence-corrected chi connectivity index (χ4v) is 0.929. The molecule has 1 aromatic rings. The molecule has 1 rings (SSSR count). The highest BCUT2D eigenvalue weighted by Gasteiger charge is 2.37. The summed E-state index contributed by atoms with van der Waals surface area (Å²) in [5.74, 6) is -1.71. The van der Waals surface area contributed by atoms with Gasteiger partial charge in [-0.1, -0.05) is 6.07 Å². The lowest BCUT2D eigenvalue weighted by Gasteiger charge is -2.03. The molecule has 0 aliphatic rings. The van der Waals surface area contributed by atoms with E-state index in [9.17, 15) is 18.0 Å². The Morgan fingerprint density at radius 1 is 1.36 bits per heavy atom. The molecule has 0 spiro atoms. The number of alkyl halides is 3. The number of aromatic nitrogens is 1. The Kier molecular flexibility index (Phi) is 3.22. The summed E-state index contributed by atoms with van der Waals surface area (Å²) in [6.45, 7) is 0. The van der Waals surface area contributed by atoms with E-state index in [1.165, 1.54) is 6.20 Å². The van der Waals surface area contributed by atoms with Gasteiger partial charge in [0.15, 0.2) is 0 Å². The number of carbonyl (C=O) groups is 1. The van der Waals surface area contributed by atoms with E-state index >= 15 is 0 Å². The molecule has 0 unspecified atom stereocenters. The van der Waals surface area contributed by atoms with Gasteiger partial charge in [-0.15, -0.1) is 0 Å². The van der Waals surface area contributed by atoms with Gasteiger partial charge in [-0.3, -0.25) is 9.78 Å². The van der Waals surface area contributed by atoms with E-state index in [-0.39, 0.29) is 6.42 Å². The van der Waals surface area contributed by atoms with Crippen molar-refractivity contribution in [3.8, 4) is 0 Å². The van der Waals surface area contributed by atoms with Gasteiger partial charge in [0.1, 0.15) is 0 Å². The number of rotatable bonds is 3. The van der Waals surface area contributed by atoms with Crippen molar-refractivity contribution < 1.29 is 18.0 Å². The molecule has 0 aliphatic carbocycles. The quantitative estimate of drug-likeness (QED) is 0.753. The third-order valence-electron chi connectivity index (χ3n) is 1.65.